The number of nitrogens with zero attached hydrogens (tertiary/aromatic N) is 4. The Morgan fingerprint density at radius 3 is 1.57 bits per heavy atom. The summed E-state index contributed by atoms with van der Waals surface area (Å²) in [6.45, 7) is -0.0601. The predicted octanol–water partition coefficient (Wildman–Crippen LogP) is 4.98. The van der Waals surface area contributed by atoms with Gasteiger partial charge in [-0.25, -0.2) is 9.97 Å². The second kappa shape index (κ2) is 17.5. The SMILES string of the molecule is O[C@@H]1[C@@H](Nc2cncc(C(F)(F)F)n2)COC(CCCC2CCC(CCC3OC[C@H](Nc4cncc(C(F)(F)F)n4)[C@@H](O)[C@H]3O)C2CCC2CCC2)[C@@H]1O. The fourth-order valence-electron chi connectivity index (χ4n) is 8.65. The van der Waals surface area contributed by atoms with Crippen molar-refractivity contribution in [2.45, 2.75) is 138 Å². The molecular formula is C36H50F6N6O6. The summed E-state index contributed by atoms with van der Waals surface area (Å²) in [7, 11) is 0. The van der Waals surface area contributed by atoms with E-state index >= 15 is 0 Å². The highest BCUT2D eigenvalue weighted by Crippen LogP contribution is 2.47. The zero-order valence-corrected chi connectivity index (χ0v) is 29.8. The highest BCUT2D eigenvalue weighted by Gasteiger charge is 2.43. The zero-order chi connectivity index (χ0) is 38.6. The fraction of sp³-hybridized carbons (Fsp3) is 0.778. The molecule has 6 rings (SSSR count). The molecule has 0 aromatic carbocycles. The number of nitrogens with one attached hydrogen (secondary N) is 2. The van der Waals surface area contributed by atoms with Crippen LogP contribution in [0.1, 0.15) is 88.4 Å². The second-order valence-electron chi connectivity index (χ2n) is 15.4. The third-order valence-corrected chi connectivity index (χ3v) is 11.9. The van der Waals surface area contributed by atoms with E-state index in [0.29, 0.717) is 43.0 Å². The van der Waals surface area contributed by atoms with E-state index in [1.54, 1.807) is 0 Å². The van der Waals surface area contributed by atoms with Crippen LogP contribution in [0.3, 0.4) is 0 Å². The molecule has 54 heavy (non-hydrogen) atoms. The maximum atomic E-state index is 13.1. The van der Waals surface area contributed by atoms with E-state index in [9.17, 15) is 46.8 Å². The van der Waals surface area contributed by atoms with Gasteiger partial charge in [-0.3, -0.25) is 9.97 Å². The Morgan fingerprint density at radius 2 is 1.09 bits per heavy atom. The Hall–Kier alpha value is -2.90. The van der Waals surface area contributed by atoms with Gasteiger partial charge in [-0.05, 0) is 62.2 Å². The summed E-state index contributed by atoms with van der Waals surface area (Å²) in [6.07, 6.45) is -0.715. The van der Waals surface area contributed by atoms with Gasteiger partial charge >= 0.3 is 12.4 Å². The number of hydrogen-bond acceptors (Lipinski definition) is 12. The molecule has 4 fully saturated rings. The van der Waals surface area contributed by atoms with Crippen LogP contribution in [0.5, 0.6) is 0 Å². The summed E-state index contributed by atoms with van der Waals surface area (Å²) in [4.78, 5) is 14.2. The number of aromatic nitrogens is 4. The van der Waals surface area contributed by atoms with Crippen molar-refractivity contribution in [2.75, 3.05) is 23.8 Å². The molecule has 12 nitrogen and oxygen atoms in total. The van der Waals surface area contributed by atoms with E-state index < -0.39 is 72.4 Å². The minimum Gasteiger partial charge on any atom is -0.388 e. The van der Waals surface area contributed by atoms with Crippen LogP contribution in [0, 0.1) is 23.7 Å². The van der Waals surface area contributed by atoms with Crippen LogP contribution in [0.25, 0.3) is 0 Å². The van der Waals surface area contributed by atoms with E-state index in [4.69, 9.17) is 9.47 Å². The summed E-state index contributed by atoms with van der Waals surface area (Å²) in [5, 5.41) is 48.9. The van der Waals surface area contributed by atoms with Gasteiger partial charge in [-0.2, -0.15) is 26.3 Å². The van der Waals surface area contributed by atoms with Crippen molar-refractivity contribution in [1.82, 2.24) is 19.9 Å². The molecule has 2 aliphatic heterocycles. The molecule has 2 aromatic heterocycles. The molecule has 5 unspecified atom stereocenters. The van der Waals surface area contributed by atoms with Gasteiger partial charge in [0.25, 0.3) is 0 Å². The zero-order valence-electron chi connectivity index (χ0n) is 29.8. The van der Waals surface area contributed by atoms with E-state index in [2.05, 4.69) is 30.6 Å². The van der Waals surface area contributed by atoms with Crippen molar-refractivity contribution >= 4 is 11.6 Å². The number of halogens is 6. The lowest BCUT2D eigenvalue weighted by atomic mass is 9.75. The predicted molar refractivity (Wildman–Crippen MR) is 182 cm³/mol. The average Bonchev–Trinajstić information content (AvgIpc) is 3.49. The standard InChI is InChI=1S/C36H50F6N6O6/c37-35(38,39)27-13-43-15-29(47-27)45-23-17-53-25(33(51)31(23)49)6-2-5-20-8-9-21(22(20)11-7-19-3-1-4-19)10-12-26-34(52)32(50)24(18-54-26)46-30-16-44-14-28(48-30)36(40,41)42/h13-16,19-26,31-34,49-52H,1-12,17-18H2,(H,45,47)(H,46,48)/t20?,21?,22?,23-,24-,25?,26?,31+,32+,33-,34-/m0/s1. The third kappa shape index (κ3) is 10.1. The van der Waals surface area contributed by atoms with Crippen molar-refractivity contribution in [2.24, 2.45) is 23.7 Å². The van der Waals surface area contributed by atoms with Gasteiger partial charge in [-0.15, -0.1) is 0 Å². The number of aliphatic hydroxyl groups excluding tert-OH is 4. The number of aliphatic hydroxyl groups is 4. The second-order valence-corrected chi connectivity index (χ2v) is 15.4. The fourth-order valence-corrected chi connectivity index (χ4v) is 8.65. The average molecular weight is 777 g/mol. The quantitative estimate of drug-likeness (QED) is 0.142. The van der Waals surface area contributed by atoms with Gasteiger partial charge in [0.1, 0.15) is 36.1 Å². The summed E-state index contributed by atoms with van der Waals surface area (Å²) in [6, 6.07) is -1.75. The topological polar surface area (TPSA) is 175 Å². The summed E-state index contributed by atoms with van der Waals surface area (Å²) >= 11 is 0. The summed E-state index contributed by atoms with van der Waals surface area (Å²) < 4.78 is 90.2. The molecule has 0 spiro atoms. The first-order valence-corrected chi connectivity index (χ1v) is 18.9. The van der Waals surface area contributed by atoms with Crippen LogP contribution >= 0.6 is 0 Å². The van der Waals surface area contributed by atoms with Gasteiger partial charge in [0.15, 0.2) is 11.4 Å². The van der Waals surface area contributed by atoms with Crippen LogP contribution in [-0.4, -0.2) is 102 Å². The van der Waals surface area contributed by atoms with Crippen molar-refractivity contribution in [3.63, 3.8) is 0 Å². The third-order valence-electron chi connectivity index (χ3n) is 11.9. The molecule has 4 aliphatic rings. The van der Waals surface area contributed by atoms with Crippen LogP contribution < -0.4 is 10.6 Å². The molecule has 11 atom stereocenters. The number of alkyl halides is 6. The van der Waals surface area contributed by atoms with Crippen LogP contribution in [0.4, 0.5) is 38.0 Å². The largest absolute Gasteiger partial charge is 0.434 e. The molecule has 2 aromatic rings. The number of rotatable bonds is 14. The van der Waals surface area contributed by atoms with Gasteiger partial charge in [0.05, 0.1) is 62.3 Å². The van der Waals surface area contributed by atoms with Crippen molar-refractivity contribution < 1.29 is 56.2 Å². The lowest BCUT2D eigenvalue weighted by Crippen LogP contribution is -2.55. The Morgan fingerprint density at radius 1 is 0.593 bits per heavy atom. The first-order valence-electron chi connectivity index (χ1n) is 18.9. The van der Waals surface area contributed by atoms with E-state index in [1.807, 2.05) is 0 Å². The van der Waals surface area contributed by atoms with Crippen molar-refractivity contribution in [1.29, 1.82) is 0 Å². The first kappa shape index (κ1) is 40.8. The molecule has 0 radical (unpaired) electrons. The Bertz CT molecular complexity index is 1510. The molecular weight excluding hydrogens is 726 g/mol. The van der Waals surface area contributed by atoms with Crippen molar-refractivity contribution in [3.8, 4) is 0 Å². The minimum atomic E-state index is -4.68. The Balaban J connectivity index is 0.975. The Labute approximate surface area is 309 Å². The van der Waals surface area contributed by atoms with Crippen molar-refractivity contribution in [3.05, 3.63) is 36.2 Å². The van der Waals surface area contributed by atoms with Gasteiger partial charge in [0, 0.05) is 0 Å². The van der Waals surface area contributed by atoms with Crippen LogP contribution in [0.2, 0.25) is 0 Å². The van der Waals surface area contributed by atoms with E-state index in [-0.39, 0.29) is 24.8 Å². The monoisotopic (exact) mass is 776 g/mol. The maximum Gasteiger partial charge on any atom is 0.434 e. The summed E-state index contributed by atoms with van der Waals surface area (Å²) in [5.41, 5.74) is -2.34. The number of hydrogen-bond donors (Lipinski definition) is 6. The smallest absolute Gasteiger partial charge is 0.388 e. The molecule has 0 bridgehead atoms. The van der Waals surface area contributed by atoms with E-state index in [1.165, 1.54) is 19.3 Å². The highest BCUT2D eigenvalue weighted by molar-refractivity contribution is 5.35. The van der Waals surface area contributed by atoms with Gasteiger partial charge in [-0.1, -0.05) is 38.5 Å². The normalized spacial score (nSPS) is 33.7. The molecule has 2 saturated carbocycles. The molecule has 6 N–H and O–H groups in total. The molecule has 4 heterocycles. The van der Waals surface area contributed by atoms with Gasteiger partial charge < -0.3 is 40.5 Å². The molecule has 0 amide bonds. The van der Waals surface area contributed by atoms with Gasteiger partial charge in [0.2, 0.25) is 0 Å². The van der Waals surface area contributed by atoms with Crippen LogP contribution in [0.15, 0.2) is 24.8 Å². The lowest BCUT2D eigenvalue weighted by molar-refractivity contribution is -0.144. The van der Waals surface area contributed by atoms with E-state index in [0.717, 1.165) is 63.3 Å². The van der Waals surface area contributed by atoms with Crippen LogP contribution in [-0.2, 0) is 21.8 Å². The number of ether oxygens (including phenoxy) is 2. The highest BCUT2D eigenvalue weighted by atomic mass is 19.4. The molecule has 18 heteroatoms. The summed E-state index contributed by atoms with van der Waals surface area (Å²) in [5.74, 6) is 1.67. The molecule has 302 valence electrons. The molecule has 2 aliphatic carbocycles. The lowest BCUT2D eigenvalue weighted by Gasteiger charge is -2.39. The minimum absolute atomic E-state index is 0.0286. The number of anilines is 2. The first-order chi connectivity index (χ1) is 25.7. The molecule has 2 saturated heterocycles. The Kier molecular flexibility index (Phi) is 13.2. The maximum absolute atomic E-state index is 13.1.